The number of aryl methyl sites for hydroxylation is 1. The number of oxime groups is 1. The molecule has 2 atom stereocenters. The molecule has 6 nitrogen and oxygen atoms in total. The van der Waals surface area contributed by atoms with Crippen LogP contribution in [0.25, 0.3) is 0 Å². The summed E-state index contributed by atoms with van der Waals surface area (Å²) in [6.07, 6.45) is -0.957. The predicted octanol–water partition coefficient (Wildman–Crippen LogP) is 4.22. The smallest absolute Gasteiger partial charge is 0.240 e. The predicted molar refractivity (Wildman–Crippen MR) is 126 cm³/mol. The molecule has 0 aliphatic rings. The van der Waals surface area contributed by atoms with Gasteiger partial charge in [-0.1, -0.05) is 83.5 Å². The normalized spacial score (nSPS) is 14.0. The summed E-state index contributed by atoms with van der Waals surface area (Å²) in [6.45, 7) is 3.87. The first-order chi connectivity index (χ1) is 15.4. The van der Waals surface area contributed by atoms with Gasteiger partial charge in [-0.2, -0.15) is 0 Å². The van der Waals surface area contributed by atoms with E-state index in [4.69, 9.17) is 4.84 Å². The maximum absolute atomic E-state index is 12.8. The Labute approximate surface area is 189 Å². The number of nitrogens with one attached hydrogen (secondary N) is 1. The number of hydrogen-bond acceptors (Lipinski definition) is 5. The minimum atomic E-state index is -3.74. The Morgan fingerprint density at radius 1 is 0.969 bits per heavy atom. The molecule has 0 amide bonds. The van der Waals surface area contributed by atoms with E-state index in [1.807, 2.05) is 55.5 Å². The van der Waals surface area contributed by atoms with Crippen LogP contribution in [0.3, 0.4) is 0 Å². The molecule has 2 N–H and O–H groups in total. The SMILES string of the molecule is C/C(=N/OCc1ccccc1)[C@H](CNS(=O)(=O)c1ccc(C)cc1)[C@H](O)c1ccccc1. The Kier molecular flexibility index (Phi) is 8.16. The van der Waals surface area contributed by atoms with Crippen LogP contribution in [-0.2, 0) is 21.5 Å². The lowest BCUT2D eigenvalue weighted by Crippen LogP contribution is -2.35. The molecule has 0 radical (unpaired) electrons. The molecule has 168 valence electrons. The maximum atomic E-state index is 12.8. The van der Waals surface area contributed by atoms with Gasteiger partial charge >= 0.3 is 0 Å². The molecule has 0 bridgehead atoms. The van der Waals surface area contributed by atoms with Gasteiger partial charge in [0.05, 0.1) is 16.7 Å². The summed E-state index contributed by atoms with van der Waals surface area (Å²) in [4.78, 5) is 5.65. The standard InChI is InChI=1S/C25H28N2O4S/c1-19-13-15-23(16-14-19)32(29,30)26-17-24(25(28)22-11-7-4-8-12-22)20(2)27-31-18-21-9-5-3-6-10-21/h3-16,24-26,28H,17-18H2,1-2H3/b27-20-/t24-,25+/m0/s1. The molecule has 0 saturated heterocycles. The number of rotatable bonds is 10. The van der Waals surface area contributed by atoms with Crippen molar-refractivity contribution < 1.29 is 18.4 Å². The van der Waals surface area contributed by atoms with E-state index < -0.39 is 22.0 Å². The summed E-state index contributed by atoms with van der Waals surface area (Å²) in [5.41, 5.74) is 3.10. The molecule has 0 aliphatic carbocycles. The van der Waals surface area contributed by atoms with Gasteiger partial charge < -0.3 is 9.94 Å². The highest BCUT2D eigenvalue weighted by Gasteiger charge is 2.27. The molecule has 0 saturated carbocycles. The van der Waals surface area contributed by atoms with Gasteiger partial charge in [-0.15, -0.1) is 0 Å². The van der Waals surface area contributed by atoms with E-state index in [2.05, 4.69) is 9.88 Å². The van der Waals surface area contributed by atoms with Crippen molar-refractivity contribution in [2.45, 2.75) is 31.5 Å². The minimum Gasteiger partial charge on any atom is -0.391 e. The third-order valence-electron chi connectivity index (χ3n) is 5.17. The van der Waals surface area contributed by atoms with Gasteiger partial charge in [0, 0.05) is 12.5 Å². The molecule has 0 spiro atoms. The number of aliphatic hydroxyl groups is 1. The Bertz CT molecular complexity index is 1120. The lowest BCUT2D eigenvalue weighted by molar-refractivity contribution is 0.116. The Morgan fingerprint density at radius 3 is 2.19 bits per heavy atom. The van der Waals surface area contributed by atoms with Gasteiger partial charge in [0.1, 0.15) is 6.61 Å². The third kappa shape index (κ3) is 6.50. The van der Waals surface area contributed by atoms with Crippen LogP contribution >= 0.6 is 0 Å². The highest BCUT2D eigenvalue weighted by Crippen LogP contribution is 2.24. The average molecular weight is 453 g/mol. The fourth-order valence-corrected chi connectivity index (χ4v) is 4.28. The molecule has 0 heterocycles. The van der Waals surface area contributed by atoms with Crippen molar-refractivity contribution >= 4 is 15.7 Å². The summed E-state index contributed by atoms with van der Waals surface area (Å²) >= 11 is 0. The van der Waals surface area contributed by atoms with Crippen LogP contribution in [0.2, 0.25) is 0 Å². The van der Waals surface area contributed by atoms with E-state index >= 15 is 0 Å². The molecular formula is C25H28N2O4S. The molecule has 0 aromatic heterocycles. The van der Waals surface area contributed by atoms with Gasteiger partial charge in [-0.3, -0.25) is 0 Å². The average Bonchev–Trinajstić information content (AvgIpc) is 2.80. The lowest BCUT2D eigenvalue weighted by atomic mass is 9.92. The Morgan fingerprint density at radius 2 is 1.56 bits per heavy atom. The zero-order valence-corrected chi connectivity index (χ0v) is 19.0. The highest BCUT2D eigenvalue weighted by atomic mass is 32.2. The summed E-state index contributed by atoms with van der Waals surface area (Å²) in [5.74, 6) is -0.617. The van der Waals surface area contributed by atoms with Gasteiger partial charge in [0.2, 0.25) is 10.0 Å². The fourth-order valence-electron chi connectivity index (χ4n) is 3.22. The minimum absolute atomic E-state index is 0.0314. The monoisotopic (exact) mass is 452 g/mol. The quantitative estimate of drug-likeness (QED) is 0.356. The number of hydrogen-bond donors (Lipinski definition) is 2. The van der Waals surface area contributed by atoms with E-state index in [0.717, 1.165) is 11.1 Å². The molecule has 32 heavy (non-hydrogen) atoms. The molecule has 0 aliphatic heterocycles. The van der Waals surface area contributed by atoms with Gasteiger partial charge in [-0.25, -0.2) is 13.1 Å². The number of nitrogens with zero attached hydrogens (tertiary/aromatic N) is 1. The second kappa shape index (κ2) is 11.0. The van der Waals surface area contributed by atoms with Crippen LogP contribution in [0.15, 0.2) is 95.0 Å². The first-order valence-corrected chi connectivity index (χ1v) is 11.8. The maximum Gasteiger partial charge on any atom is 0.240 e. The van der Waals surface area contributed by atoms with Crippen molar-refractivity contribution in [1.29, 1.82) is 0 Å². The molecule has 0 unspecified atom stereocenters. The van der Waals surface area contributed by atoms with Crippen LogP contribution in [0.1, 0.15) is 29.7 Å². The second-order valence-corrected chi connectivity index (χ2v) is 9.39. The first kappa shape index (κ1) is 23.7. The molecule has 3 rings (SSSR count). The van der Waals surface area contributed by atoms with Crippen LogP contribution in [-0.4, -0.2) is 25.8 Å². The lowest BCUT2D eigenvalue weighted by Gasteiger charge is -2.23. The zero-order chi connectivity index (χ0) is 23.0. The summed E-state index contributed by atoms with van der Waals surface area (Å²) in [6, 6.07) is 25.3. The van der Waals surface area contributed by atoms with Crippen molar-refractivity contribution in [3.8, 4) is 0 Å². The van der Waals surface area contributed by atoms with Crippen molar-refractivity contribution in [2.24, 2.45) is 11.1 Å². The zero-order valence-electron chi connectivity index (χ0n) is 18.2. The van der Waals surface area contributed by atoms with E-state index in [1.165, 1.54) is 0 Å². The van der Waals surface area contributed by atoms with Crippen molar-refractivity contribution in [1.82, 2.24) is 4.72 Å². The topological polar surface area (TPSA) is 88.0 Å². The largest absolute Gasteiger partial charge is 0.391 e. The van der Waals surface area contributed by atoms with E-state index in [9.17, 15) is 13.5 Å². The van der Waals surface area contributed by atoms with Gasteiger partial charge in [0.15, 0.2) is 0 Å². The Balaban J connectivity index is 1.77. The summed E-state index contributed by atoms with van der Waals surface area (Å²) in [7, 11) is -3.74. The van der Waals surface area contributed by atoms with Crippen molar-refractivity contribution in [3.63, 3.8) is 0 Å². The van der Waals surface area contributed by atoms with Crippen LogP contribution in [0.4, 0.5) is 0 Å². The fraction of sp³-hybridized carbons (Fsp3) is 0.240. The second-order valence-electron chi connectivity index (χ2n) is 7.62. The number of aliphatic hydroxyl groups excluding tert-OH is 1. The molecular weight excluding hydrogens is 424 g/mol. The molecule has 7 heteroatoms. The summed E-state index contributed by atoms with van der Waals surface area (Å²) < 4.78 is 28.1. The molecule has 3 aromatic carbocycles. The van der Waals surface area contributed by atoms with E-state index in [1.54, 1.807) is 43.3 Å². The van der Waals surface area contributed by atoms with E-state index in [-0.39, 0.29) is 18.0 Å². The first-order valence-electron chi connectivity index (χ1n) is 10.4. The van der Waals surface area contributed by atoms with E-state index in [0.29, 0.717) is 11.3 Å². The van der Waals surface area contributed by atoms with Gasteiger partial charge in [-0.05, 0) is 37.1 Å². The molecule has 3 aromatic rings. The van der Waals surface area contributed by atoms with Crippen molar-refractivity contribution in [2.75, 3.05) is 6.54 Å². The van der Waals surface area contributed by atoms with Crippen LogP contribution in [0.5, 0.6) is 0 Å². The van der Waals surface area contributed by atoms with Crippen molar-refractivity contribution in [3.05, 3.63) is 102 Å². The highest BCUT2D eigenvalue weighted by molar-refractivity contribution is 7.89. The third-order valence-corrected chi connectivity index (χ3v) is 6.61. The number of benzene rings is 3. The van der Waals surface area contributed by atoms with Crippen LogP contribution in [0, 0.1) is 12.8 Å². The number of sulfonamides is 1. The van der Waals surface area contributed by atoms with Crippen LogP contribution < -0.4 is 4.72 Å². The molecule has 0 fully saturated rings. The Hall–Kier alpha value is -3.00. The van der Waals surface area contributed by atoms with Gasteiger partial charge in [0.25, 0.3) is 0 Å². The summed E-state index contributed by atoms with van der Waals surface area (Å²) in [5, 5.41) is 15.2.